The van der Waals surface area contributed by atoms with Gasteiger partial charge < -0.3 is 10.7 Å². The van der Waals surface area contributed by atoms with Gasteiger partial charge in [-0.05, 0) is 31.6 Å². The average Bonchev–Trinajstić information content (AvgIpc) is 3.21. The van der Waals surface area contributed by atoms with Gasteiger partial charge in [-0.15, -0.1) is 0 Å². The van der Waals surface area contributed by atoms with Crippen molar-refractivity contribution in [1.29, 1.82) is 0 Å². The Hall–Kier alpha value is -1.36. The third-order valence-corrected chi connectivity index (χ3v) is 3.83. The summed E-state index contributed by atoms with van der Waals surface area (Å²) in [6.45, 7) is 9.42. The SMILES string of the molecule is Cc1c(NN)nc(C(C)C)nc1NCC(C)C1CC1. The average molecular weight is 263 g/mol. The fourth-order valence-electron chi connectivity index (χ4n) is 2.19. The molecular weight excluding hydrogens is 238 g/mol. The molecule has 0 spiro atoms. The number of nitrogens with one attached hydrogen (secondary N) is 2. The summed E-state index contributed by atoms with van der Waals surface area (Å²) >= 11 is 0. The minimum Gasteiger partial charge on any atom is -0.369 e. The highest BCUT2D eigenvalue weighted by atomic mass is 15.3. The van der Waals surface area contributed by atoms with E-state index in [0.717, 1.165) is 29.7 Å². The first-order valence-corrected chi connectivity index (χ1v) is 7.12. The zero-order valence-corrected chi connectivity index (χ0v) is 12.3. The van der Waals surface area contributed by atoms with E-state index >= 15 is 0 Å². The summed E-state index contributed by atoms with van der Waals surface area (Å²) in [7, 11) is 0. The number of nitrogen functional groups attached to an aromatic ring is 1. The van der Waals surface area contributed by atoms with Gasteiger partial charge in [-0.3, -0.25) is 0 Å². The number of nitrogens with two attached hydrogens (primary N) is 1. The lowest BCUT2D eigenvalue weighted by atomic mass is 10.1. The Morgan fingerprint density at radius 3 is 2.37 bits per heavy atom. The summed E-state index contributed by atoms with van der Waals surface area (Å²) in [5.74, 6) is 9.85. The number of hydrazine groups is 1. The molecule has 1 heterocycles. The van der Waals surface area contributed by atoms with E-state index in [1.807, 2.05) is 6.92 Å². The van der Waals surface area contributed by atoms with E-state index in [0.29, 0.717) is 11.7 Å². The second-order valence-corrected chi connectivity index (χ2v) is 5.90. The van der Waals surface area contributed by atoms with Crippen molar-refractivity contribution in [2.24, 2.45) is 17.7 Å². The highest BCUT2D eigenvalue weighted by molar-refractivity contribution is 5.56. The Kier molecular flexibility index (Phi) is 4.24. The molecule has 1 aromatic heterocycles. The highest BCUT2D eigenvalue weighted by Crippen LogP contribution is 2.36. The molecule has 5 nitrogen and oxygen atoms in total. The third kappa shape index (κ3) is 3.35. The molecule has 1 fully saturated rings. The topological polar surface area (TPSA) is 75.9 Å². The molecule has 4 N–H and O–H groups in total. The molecule has 1 unspecified atom stereocenters. The standard InChI is InChI=1S/C14H25N5/c1-8(2)12-17-13(10(4)14(18-12)19-15)16-7-9(3)11-5-6-11/h8-9,11H,5-7,15H2,1-4H3,(H2,16,17,18,19). The normalized spacial score (nSPS) is 16.5. The molecule has 0 aliphatic heterocycles. The van der Waals surface area contributed by atoms with Gasteiger partial charge in [0.2, 0.25) is 0 Å². The van der Waals surface area contributed by atoms with Crippen LogP contribution in [0.25, 0.3) is 0 Å². The fourth-order valence-corrected chi connectivity index (χ4v) is 2.19. The first-order valence-electron chi connectivity index (χ1n) is 7.12. The minimum absolute atomic E-state index is 0.286. The number of rotatable bonds is 6. The van der Waals surface area contributed by atoms with Crippen molar-refractivity contribution in [2.75, 3.05) is 17.3 Å². The second-order valence-electron chi connectivity index (χ2n) is 5.90. The molecule has 2 rings (SSSR count). The lowest BCUT2D eigenvalue weighted by Gasteiger charge is -2.17. The molecule has 0 saturated heterocycles. The Morgan fingerprint density at radius 1 is 1.21 bits per heavy atom. The summed E-state index contributed by atoms with van der Waals surface area (Å²) in [5.41, 5.74) is 3.64. The van der Waals surface area contributed by atoms with Gasteiger partial charge >= 0.3 is 0 Å². The van der Waals surface area contributed by atoms with Crippen LogP contribution in [0, 0.1) is 18.8 Å². The molecule has 1 aliphatic carbocycles. The lowest BCUT2D eigenvalue weighted by molar-refractivity contribution is 0.535. The zero-order chi connectivity index (χ0) is 14.0. The van der Waals surface area contributed by atoms with Crippen LogP contribution in [0.2, 0.25) is 0 Å². The van der Waals surface area contributed by atoms with E-state index in [2.05, 4.69) is 41.5 Å². The summed E-state index contributed by atoms with van der Waals surface area (Å²) in [6.07, 6.45) is 2.75. The second kappa shape index (κ2) is 5.74. The van der Waals surface area contributed by atoms with Gasteiger partial charge in [0, 0.05) is 18.0 Å². The molecule has 0 bridgehead atoms. The summed E-state index contributed by atoms with van der Waals surface area (Å²) in [4.78, 5) is 9.05. The molecular formula is C14H25N5. The largest absolute Gasteiger partial charge is 0.369 e. The van der Waals surface area contributed by atoms with Crippen molar-refractivity contribution < 1.29 is 0 Å². The monoisotopic (exact) mass is 263 g/mol. The van der Waals surface area contributed by atoms with E-state index in [9.17, 15) is 0 Å². The van der Waals surface area contributed by atoms with Crippen molar-refractivity contribution in [1.82, 2.24) is 9.97 Å². The Balaban J connectivity index is 2.14. The van der Waals surface area contributed by atoms with Crippen LogP contribution in [-0.2, 0) is 0 Å². The Labute approximate surface area is 115 Å². The van der Waals surface area contributed by atoms with Gasteiger partial charge in [0.25, 0.3) is 0 Å². The predicted octanol–water partition coefficient (Wildman–Crippen LogP) is 2.65. The van der Waals surface area contributed by atoms with E-state index in [4.69, 9.17) is 5.84 Å². The van der Waals surface area contributed by atoms with Crippen molar-refractivity contribution in [2.45, 2.75) is 46.5 Å². The smallest absolute Gasteiger partial charge is 0.148 e. The molecule has 0 radical (unpaired) electrons. The first kappa shape index (κ1) is 14.1. The van der Waals surface area contributed by atoms with Gasteiger partial charge in [0.1, 0.15) is 17.5 Å². The molecule has 1 aliphatic rings. The van der Waals surface area contributed by atoms with Gasteiger partial charge in [0.15, 0.2) is 0 Å². The van der Waals surface area contributed by atoms with Crippen LogP contribution in [0.15, 0.2) is 0 Å². The van der Waals surface area contributed by atoms with Crippen LogP contribution in [-0.4, -0.2) is 16.5 Å². The zero-order valence-electron chi connectivity index (χ0n) is 12.3. The molecule has 1 atom stereocenters. The summed E-state index contributed by atoms with van der Waals surface area (Å²) < 4.78 is 0. The molecule has 106 valence electrons. The quantitative estimate of drug-likeness (QED) is 0.543. The van der Waals surface area contributed by atoms with Crippen LogP contribution in [0.3, 0.4) is 0 Å². The van der Waals surface area contributed by atoms with Crippen molar-refractivity contribution >= 4 is 11.6 Å². The van der Waals surface area contributed by atoms with Crippen LogP contribution in [0.1, 0.15) is 50.9 Å². The van der Waals surface area contributed by atoms with Crippen molar-refractivity contribution in [3.8, 4) is 0 Å². The number of hydrogen-bond donors (Lipinski definition) is 3. The lowest BCUT2D eigenvalue weighted by Crippen LogP contribution is -2.18. The van der Waals surface area contributed by atoms with Crippen molar-refractivity contribution in [3.63, 3.8) is 0 Å². The van der Waals surface area contributed by atoms with E-state index in [1.165, 1.54) is 12.8 Å². The maximum Gasteiger partial charge on any atom is 0.148 e. The van der Waals surface area contributed by atoms with Crippen LogP contribution >= 0.6 is 0 Å². The van der Waals surface area contributed by atoms with E-state index in [1.54, 1.807) is 0 Å². The maximum atomic E-state index is 5.53. The predicted molar refractivity (Wildman–Crippen MR) is 79.0 cm³/mol. The van der Waals surface area contributed by atoms with Crippen LogP contribution in [0.5, 0.6) is 0 Å². The molecule has 5 heteroatoms. The Bertz CT molecular complexity index is 440. The fraction of sp³-hybridized carbons (Fsp3) is 0.714. The molecule has 0 aromatic carbocycles. The number of hydrogen-bond acceptors (Lipinski definition) is 5. The van der Waals surface area contributed by atoms with Gasteiger partial charge in [-0.25, -0.2) is 15.8 Å². The molecule has 19 heavy (non-hydrogen) atoms. The van der Waals surface area contributed by atoms with Gasteiger partial charge in [0.05, 0.1) is 0 Å². The summed E-state index contributed by atoms with van der Waals surface area (Å²) in [6, 6.07) is 0. The van der Waals surface area contributed by atoms with E-state index < -0.39 is 0 Å². The molecule has 1 saturated carbocycles. The summed E-state index contributed by atoms with van der Waals surface area (Å²) in [5, 5.41) is 3.46. The third-order valence-electron chi connectivity index (χ3n) is 3.83. The van der Waals surface area contributed by atoms with Crippen LogP contribution in [0.4, 0.5) is 11.6 Å². The number of anilines is 2. The first-order chi connectivity index (χ1) is 9.02. The molecule has 0 amide bonds. The van der Waals surface area contributed by atoms with Crippen molar-refractivity contribution in [3.05, 3.63) is 11.4 Å². The number of aromatic nitrogens is 2. The van der Waals surface area contributed by atoms with Gasteiger partial charge in [-0.1, -0.05) is 20.8 Å². The van der Waals surface area contributed by atoms with Crippen LogP contribution < -0.4 is 16.6 Å². The minimum atomic E-state index is 0.286. The van der Waals surface area contributed by atoms with E-state index in [-0.39, 0.29) is 5.92 Å². The Morgan fingerprint density at radius 2 is 1.84 bits per heavy atom. The maximum absolute atomic E-state index is 5.53. The molecule has 1 aromatic rings. The number of nitrogens with zero attached hydrogens (tertiary/aromatic N) is 2. The highest BCUT2D eigenvalue weighted by Gasteiger charge is 2.27. The van der Waals surface area contributed by atoms with Gasteiger partial charge in [-0.2, -0.15) is 0 Å².